The predicted octanol–water partition coefficient (Wildman–Crippen LogP) is -9.30. The molecule has 1 aliphatic rings. The molecule has 3 nitrogen and oxygen atoms in total. The standard InChI is InChI=1S/C5H12N2.2ClH.H2O/c1-5-4-6-2-3-7-5;;;/h5-7H,2-4H2,1H3;2*1H;1H2/t5-;;;/m0.../s1. The van der Waals surface area contributed by atoms with Crippen molar-refractivity contribution in [2.24, 2.45) is 0 Å². The van der Waals surface area contributed by atoms with Crippen LogP contribution in [0.25, 0.3) is 0 Å². The molecule has 1 atom stereocenters. The minimum absolute atomic E-state index is 0. The Bertz CT molecular complexity index is 59.6. The van der Waals surface area contributed by atoms with Crippen molar-refractivity contribution in [2.75, 3.05) is 19.6 Å². The second-order valence-corrected chi connectivity index (χ2v) is 2.31. The second kappa shape index (κ2) is 9.46. The van der Waals surface area contributed by atoms with Crippen LogP contribution in [0.15, 0.2) is 0 Å². The highest BCUT2D eigenvalue weighted by atomic mass is 35.5. The molecule has 1 heterocycles. The summed E-state index contributed by atoms with van der Waals surface area (Å²) in [6, 6.07) is 0.855. The lowest BCUT2D eigenvalue weighted by atomic mass is 10.3. The molecule has 0 aromatic heterocycles. The Kier molecular flexibility index (Phi) is 15.9. The highest BCUT2D eigenvalue weighted by Crippen LogP contribution is 1.62. The topological polar surface area (TPSA) is 64.7 Å². The normalized spacial score (nSPS) is 23.1. The lowest BCUT2D eigenvalue weighted by molar-refractivity contribution is -0.808. The highest BCUT2D eigenvalue weighted by molar-refractivity contribution is 4.39. The van der Waals surface area contributed by atoms with Crippen LogP contribution in [0.4, 0.5) is 0 Å². The van der Waals surface area contributed by atoms with E-state index < -0.39 is 0 Å². The van der Waals surface area contributed by atoms with Crippen LogP contribution in [0.3, 0.4) is 0 Å². The summed E-state index contributed by atoms with van der Waals surface area (Å²) < 4.78 is 0. The molecule has 0 saturated carbocycles. The van der Waals surface area contributed by atoms with Gasteiger partial charge in [0.1, 0.15) is 25.7 Å². The molecular weight excluding hydrogens is 175 g/mol. The Labute approximate surface area is 74.1 Å². The average molecular weight is 191 g/mol. The van der Waals surface area contributed by atoms with Crippen molar-refractivity contribution in [2.45, 2.75) is 13.0 Å². The molecule has 1 rings (SSSR count). The van der Waals surface area contributed by atoms with Gasteiger partial charge in [0.25, 0.3) is 0 Å². The van der Waals surface area contributed by atoms with Crippen molar-refractivity contribution in [1.82, 2.24) is 0 Å². The van der Waals surface area contributed by atoms with Gasteiger partial charge in [0.2, 0.25) is 0 Å². The minimum atomic E-state index is 0. The number of hydrogen-bond donors (Lipinski definition) is 2. The van der Waals surface area contributed by atoms with Crippen LogP contribution >= 0.6 is 0 Å². The zero-order valence-electron chi connectivity index (χ0n) is 6.11. The van der Waals surface area contributed by atoms with E-state index in [4.69, 9.17) is 0 Å². The molecule has 0 radical (unpaired) electrons. The van der Waals surface area contributed by atoms with Gasteiger partial charge in [-0.25, -0.2) is 0 Å². The molecule has 0 aromatic rings. The van der Waals surface area contributed by atoms with Crippen LogP contribution in [0.1, 0.15) is 6.92 Å². The Morgan fingerprint density at radius 3 is 2.00 bits per heavy atom. The lowest BCUT2D eigenvalue weighted by Gasteiger charge is -2.13. The number of piperazine rings is 1. The summed E-state index contributed by atoms with van der Waals surface area (Å²) in [5, 5.41) is 4.78. The van der Waals surface area contributed by atoms with E-state index in [1.165, 1.54) is 19.6 Å². The van der Waals surface area contributed by atoms with Gasteiger partial charge in [-0.2, -0.15) is 0 Å². The van der Waals surface area contributed by atoms with Crippen LogP contribution in [0, 0.1) is 0 Å². The first-order chi connectivity index (χ1) is 3.39. The van der Waals surface area contributed by atoms with Crippen LogP contribution in [-0.2, 0) is 0 Å². The summed E-state index contributed by atoms with van der Waals surface area (Å²) >= 11 is 0. The van der Waals surface area contributed by atoms with E-state index in [0.29, 0.717) is 0 Å². The zero-order valence-corrected chi connectivity index (χ0v) is 7.62. The fraction of sp³-hybridized carbons (Fsp3) is 1.00. The maximum atomic E-state index is 2.40. The molecule has 0 bridgehead atoms. The summed E-state index contributed by atoms with van der Waals surface area (Å²) in [6.45, 7) is 6.20. The summed E-state index contributed by atoms with van der Waals surface area (Å²) in [4.78, 5) is 0. The number of hydrogen-bond acceptors (Lipinski definition) is 0. The fourth-order valence-corrected chi connectivity index (χ4v) is 0.976. The summed E-state index contributed by atoms with van der Waals surface area (Å²) in [5.41, 5.74) is 0. The molecule has 0 amide bonds. The van der Waals surface area contributed by atoms with Gasteiger partial charge in [-0.15, -0.1) is 0 Å². The van der Waals surface area contributed by atoms with Gasteiger partial charge in [0.15, 0.2) is 0 Å². The van der Waals surface area contributed by atoms with Crippen LogP contribution < -0.4 is 35.4 Å². The van der Waals surface area contributed by atoms with Crippen LogP contribution in [0.5, 0.6) is 0 Å². The number of halogens is 2. The number of quaternary nitrogens is 2. The third-order valence-electron chi connectivity index (χ3n) is 1.48. The van der Waals surface area contributed by atoms with Crippen molar-refractivity contribution in [1.29, 1.82) is 0 Å². The van der Waals surface area contributed by atoms with E-state index in [9.17, 15) is 0 Å². The molecule has 1 aliphatic heterocycles. The van der Waals surface area contributed by atoms with Gasteiger partial charge < -0.3 is 40.9 Å². The molecule has 0 aliphatic carbocycles. The molecule has 0 spiro atoms. The first kappa shape index (κ1) is 16.8. The third kappa shape index (κ3) is 6.58. The largest absolute Gasteiger partial charge is 1.00 e. The smallest absolute Gasteiger partial charge is 0.133 e. The molecule has 66 valence electrons. The van der Waals surface area contributed by atoms with Gasteiger partial charge in [0, 0.05) is 0 Å². The molecule has 6 N–H and O–H groups in total. The van der Waals surface area contributed by atoms with Crippen molar-refractivity contribution < 1.29 is 40.9 Å². The first-order valence-corrected chi connectivity index (χ1v) is 3.04. The van der Waals surface area contributed by atoms with E-state index in [-0.39, 0.29) is 30.3 Å². The quantitative estimate of drug-likeness (QED) is 0.382. The zero-order chi connectivity index (χ0) is 5.11. The molecular formula is C5H16Cl2N2O. The summed E-state index contributed by atoms with van der Waals surface area (Å²) in [5.74, 6) is 0. The van der Waals surface area contributed by atoms with Crippen molar-refractivity contribution in [3.05, 3.63) is 0 Å². The van der Waals surface area contributed by atoms with Gasteiger partial charge in [0.05, 0.1) is 0 Å². The SMILES string of the molecule is C[C@H]1C[NH2+]CC[NH2+]1.O.[Cl-].[Cl-]. The Balaban J connectivity index is -0.000000163. The van der Waals surface area contributed by atoms with E-state index in [1.807, 2.05) is 0 Å². The van der Waals surface area contributed by atoms with Crippen LogP contribution in [-0.4, -0.2) is 31.2 Å². The monoisotopic (exact) mass is 190 g/mol. The highest BCUT2D eigenvalue weighted by Gasteiger charge is 2.10. The summed E-state index contributed by atoms with van der Waals surface area (Å²) in [6.07, 6.45) is 0. The molecule has 1 saturated heterocycles. The number of nitrogens with two attached hydrogens (primary N) is 2. The molecule has 1 fully saturated rings. The van der Waals surface area contributed by atoms with E-state index in [0.717, 1.165) is 6.04 Å². The second-order valence-electron chi connectivity index (χ2n) is 2.31. The summed E-state index contributed by atoms with van der Waals surface area (Å²) in [7, 11) is 0. The minimum Gasteiger partial charge on any atom is -1.00 e. The van der Waals surface area contributed by atoms with Gasteiger partial charge >= 0.3 is 0 Å². The Morgan fingerprint density at radius 1 is 1.20 bits per heavy atom. The Hall–Kier alpha value is 0.460. The van der Waals surface area contributed by atoms with Gasteiger partial charge in [-0.3, -0.25) is 0 Å². The Morgan fingerprint density at radius 2 is 1.80 bits per heavy atom. The van der Waals surface area contributed by atoms with Crippen molar-refractivity contribution in [3.8, 4) is 0 Å². The number of rotatable bonds is 0. The van der Waals surface area contributed by atoms with Crippen molar-refractivity contribution in [3.63, 3.8) is 0 Å². The molecule has 10 heavy (non-hydrogen) atoms. The fourth-order valence-electron chi connectivity index (χ4n) is 0.976. The maximum Gasteiger partial charge on any atom is 0.133 e. The first-order valence-electron chi connectivity index (χ1n) is 3.04. The van der Waals surface area contributed by atoms with Gasteiger partial charge in [-0.1, -0.05) is 0 Å². The van der Waals surface area contributed by atoms with E-state index >= 15 is 0 Å². The molecule has 0 unspecified atom stereocenters. The average Bonchev–Trinajstić information content (AvgIpc) is 1.69. The molecule has 0 aromatic carbocycles. The van der Waals surface area contributed by atoms with Crippen LogP contribution in [0.2, 0.25) is 0 Å². The molecule has 5 heteroatoms. The van der Waals surface area contributed by atoms with Gasteiger partial charge in [-0.05, 0) is 6.92 Å². The van der Waals surface area contributed by atoms with E-state index in [2.05, 4.69) is 17.6 Å². The third-order valence-corrected chi connectivity index (χ3v) is 1.48. The van der Waals surface area contributed by atoms with Crippen molar-refractivity contribution >= 4 is 0 Å². The maximum absolute atomic E-state index is 2.40. The lowest BCUT2D eigenvalue weighted by Crippen LogP contribution is -3.07. The predicted molar refractivity (Wildman–Crippen MR) is 31.5 cm³/mol. The van der Waals surface area contributed by atoms with E-state index in [1.54, 1.807) is 0 Å².